The van der Waals surface area contributed by atoms with Crippen LogP contribution in [0.3, 0.4) is 0 Å². The molecule has 2 heterocycles. The van der Waals surface area contributed by atoms with Gasteiger partial charge in [0, 0.05) is 18.0 Å². The first-order valence-electron chi connectivity index (χ1n) is 5.83. The van der Waals surface area contributed by atoms with Crippen LogP contribution in [0.1, 0.15) is 16.8 Å². The summed E-state index contributed by atoms with van der Waals surface area (Å²) in [5.41, 5.74) is 2.81. The van der Waals surface area contributed by atoms with Crippen molar-refractivity contribution in [1.29, 1.82) is 0 Å². The highest BCUT2D eigenvalue weighted by Gasteiger charge is 2.01. The van der Waals surface area contributed by atoms with Crippen molar-refractivity contribution >= 4 is 11.6 Å². The van der Waals surface area contributed by atoms with Gasteiger partial charge in [0.1, 0.15) is 12.4 Å². The molecule has 0 aromatic carbocycles. The topological polar surface area (TPSA) is 35.0 Å². The Kier molecular flexibility index (Phi) is 4.77. The number of hydrogen-bond donors (Lipinski definition) is 0. The first-order valence-corrected chi connectivity index (χ1v) is 6.36. The van der Waals surface area contributed by atoms with Gasteiger partial charge in [0.2, 0.25) is 0 Å². The molecule has 0 atom stereocenters. The third-order valence-corrected chi connectivity index (χ3v) is 2.64. The van der Waals surface area contributed by atoms with E-state index in [1.807, 2.05) is 25.1 Å². The number of alkyl halides is 1. The van der Waals surface area contributed by atoms with Crippen LogP contribution in [-0.2, 0) is 6.61 Å². The van der Waals surface area contributed by atoms with Gasteiger partial charge in [-0.3, -0.25) is 9.97 Å². The normalized spacial score (nSPS) is 9.58. The fourth-order valence-corrected chi connectivity index (χ4v) is 1.59. The Morgan fingerprint density at radius 1 is 1.37 bits per heavy atom. The van der Waals surface area contributed by atoms with Crippen molar-refractivity contribution in [1.82, 2.24) is 9.97 Å². The molecule has 0 N–H and O–H groups in total. The van der Waals surface area contributed by atoms with Crippen molar-refractivity contribution in [2.45, 2.75) is 13.5 Å². The Hall–Kier alpha value is -2.05. The second kappa shape index (κ2) is 6.77. The van der Waals surface area contributed by atoms with E-state index in [9.17, 15) is 0 Å². The highest BCUT2D eigenvalue weighted by molar-refractivity contribution is 6.19. The second-order valence-corrected chi connectivity index (χ2v) is 4.17. The Balaban J connectivity index is 2.06. The summed E-state index contributed by atoms with van der Waals surface area (Å²) < 4.78 is 5.67. The Morgan fingerprint density at radius 2 is 2.26 bits per heavy atom. The summed E-state index contributed by atoms with van der Waals surface area (Å²) in [6, 6.07) is 5.75. The van der Waals surface area contributed by atoms with Crippen LogP contribution in [-0.4, -0.2) is 15.8 Å². The minimum absolute atomic E-state index is 0.304. The number of rotatable bonds is 3. The zero-order valence-corrected chi connectivity index (χ0v) is 11.3. The number of aryl methyl sites for hydroxylation is 1. The van der Waals surface area contributed by atoms with Gasteiger partial charge in [-0.25, -0.2) is 0 Å². The molecule has 0 radical (unpaired) electrons. The highest BCUT2D eigenvalue weighted by atomic mass is 35.5. The predicted octanol–water partition coefficient (Wildman–Crippen LogP) is 2.95. The van der Waals surface area contributed by atoms with E-state index < -0.39 is 0 Å². The molecule has 0 fully saturated rings. The quantitative estimate of drug-likeness (QED) is 0.636. The number of ether oxygens (including phenoxy) is 1. The molecule has 4 heteroatoms. The van der Waals surface area contributed by atoms with Gasteiger partial charge in [-0.05, 0) is 24.6 Å². The van der Waals surface area contributed by atoms with E-state index in [4.69, 9.17) is 16.3 Å². The lowest BCUT2D eigenvalue weighted by Crippen LogP contribution is -2.00. The molecule has 0 aliphatic heterocycles. The average Bonchev–Trinajstić information content (AvgIpc) is 2.45. The van der Waals surface area contributed by atoms with Crippen LogP contribution < -0.4 is 4.74 Å². The lowest BCUT2D eigenvalue weighted by Gasteiger charge is -2.07. The summed E-state index contributed by atoms with van der Waals surface area (Å²) in [5.74, 6) is 6.66. The predicted molar refractivity (Wildman–Crippen MR) is 75.1 cm³/mol. The maximum absolute atomic E-state index is 5.67. The van der Waals surface area contributed by atoms with Gasteiger partial charge < -0.3 is 4.74 Å². The van der Waals surface area contributed by atoms with Crippen molar-refractivity contribution in [3.05, 3.63) is 53.6 Å². The van der Waals surface area contributed by atoms with Crippen LogP contribution in [0.15, 0.2) is 36.8 Å². The maximum atomic E-state index is 5.67. The highest BCUT2D eigenvalue weighted by Crippen LogP contribution is 2.13. The van der Waals surface area contributed by atoms with Gasteiger partial charge in [-0.1, -0.05) is 17.9 Å². The fraction of sp³-hybridized carbons (Fsp3) is 0.200. The smallest absolute Gasteiger partial charge is 0.139 e. The maximum Gasteiger partial charge on any atom is 0.139 e. The summed E-state index contributed by atoms with van der Waals surface area (Å²) in [4.78, 5) is 8.36. The summed E-state index contributed by atoms with van der Waals surface area (Å²) in [6.45, 7) is 2.42. The van der Waals surface area contributed by atoms with Crippen molar-refractivity contribution in [2.24, 2.45) is 0 Å². The number of aromatic nitrogens is 2. The Bertz CT molecular complexity index is 617. The lowest BCUT2D eigenvalue weighted by atomic mass is 10.2. The van der Waals surface area contributed by atoms with E-state index >= 15 is 0 Å². The van der Waals surface area contributed by atoms with Crippen LogP contribution in [0.4, 0.5) is 0 Å². The molecule has 96 valence electrons. The minimum atomic E-state index is 0.304. The van der Waals surface area contributed by atoms with Gasteiger partial charge in [0.05, 0.1) is 17.8 Å². The molecule has 0 aliphatic carbocycles. The van der Waals surface area contributed by atoms with Crippen molar-refractivity contribution in [3.63, 3.8) is 0 Å². The van der Waals surface area contributed by atoms with E-state index in [1.165, 1.54) is 0 Å². The molecule has 2 rings (SSSR count). The van der Waals surface area contributed by atoms with Crippen LogP contribution >= 0.6 is 11.6 Å². The lowest BCUT2D eigenvalue weighted by molar-refractivity contribution is 0.299. The number of hydrogen-bond acceptors (Lipinski definition) is 3. The van der Waals surface area contributed by atoms with Gasteiger partial charge in [-0.15, -0.1) is 11.6 Å². The van der Waals surface area contributed by atoms with E-state index in [0.29, 0.717) is 18.2 Å². The summed E-state index contributed by atoms with van der Waals surface area (Å²) in [6.07, 6.45) is 5.09. The van der Waals surface area contributed by atoms with E-state index in [1.54, 1.807) is 18.6 Å². The average molecular weight is 273 g/mol. The van der Waals surface area contributed by atoms with Crippen LogP contribution in [0, 0.1) is 18.8 Å². The summed E-state index contributed by atoms with van der Waals surface area (Å²) in [5, 5.41) is 0. The van der Waals surface area contributed by atoms with Gasteiger partial charge in [-0.2, -0.15) is 0 Å². The fourth-order valence-electron chi connectivity index (χ4n) is 1.52. The molecular weight excluding hydrogens is 260 g/mol. The Labute approximate surface area is 117 Å². The van der Waals surface area contributed by atoms with E-state index in [0.717, 1.165) is 16.8 Å². The molecule has 0 bridgehead atoms. The van der Waals surface area contributed by atoms with Crippen molar-refractivity contribution in [2.75, 3.05) is 5.88 Å². The summed E-state index contributed by atoms with van der Waals surface area (Å²) >= 11 is 5.52. The first-order chi connectivity index (χ1) is 9.29. The molecule has 0 unspecified atom stereocenters. The third-order valence-electron chi connectivity index (χ3n) is 2.51. The van der Waals surface area contributed by atoms with Crippen molar-refractivity contribution in [3.8, 4) is 17.6 Å². The molecule has 3 nitrogen and oxygen atoms in total. The molecule has 2 aromatic rings. The molecule has 0 saturated carbocycles. The monoisotopic (exact) mass is 272 g/mol. The third kappa shape index (κ3) is 3.97. The molecule has 19 heavy (non-hydrogen) atoms. The molecule has 0 aliphatic rings. The SMILES string of the molecule is Cc1cccnc1COc1cncc(C#CCCl)c1. The largest absolute Gasteiger partial charge is 0.486 e. The van der Waals surface area contributed by atoms with Gasteiger partial charge >= 0.3 is 0 Å². The van der Waals surface area contributed by atoms with Crippen LogP contribution in [0.5, 0.6) is 5.75 Å². The van der Waals surface area contributed by atoms with Crippen molar-refractivity contribution < 1.29 is 4.74 Å². The molecule has 2 aromatic heterocycles. The van der Waals surface area contributed by atoms with Crippen LogP contribution in [0.2, 0.25) is 0 Å². The molecular formula is C15H13ClN2O. The second-order valence-electron chi connectivity index (χ2n) is 3.90. The van der Waals surface area contributed by atoms with Crippen LogP contribution in [0.25, 0.3) is 0 Å². The van der Waals surface area contributed by atoms with E-state index in [-0.39, 0.29) is 0 Å². The Morgan fingerprint density at radius 3 is 3.05 bits per heavy atom. The molecule has 0 amide bonds. The minimum Gasteiger partial charge on any atom is -0.486 e. The molecule has 0 spiro atoms. The van der Waals surface area contributed by atoms with Gasteiger partial charge in [0.15, 0.2) is 0 Å². The standard InChI is InChI=1S/C15H13ClN2O/c1-12-4-3-7-18-15(12)11-19-14-8-13(5-2-6-16)9-17-10-14/h3-4,7-10H,6,11H2,1H3. The number of halogens is 1. The number of nitrogens with zero attached hydrogens (tertiary/aromatic N) is 2. The van der Waals surface area contributed by atoms with E-state index in [2.05, 4.69) is 21.8 Å². The zero-order valence-electron chi connectivity index (χ0n) is 10.6. The van der Waals surface area contributed by atoms with Gasteiger partial charge in [0.25, 0.3) is 0 Å². The molecule has 0 saturated heterocycles. The zero-order chi connectivity index (χ0) is 13.5. The first kappa shape index (κ1) is 13.4. The summed E-state index contributed by atoms with van der Waals surface area (Å²) in [7, 11) is 0. The number of pyridine rings is 2.